The third-order valence-corrected chi connectivity index (χ3v) is 7.91. The summed E-state index contributed by atoms with van der Waals surface area (Å²) < 4.78 is 0. The van der Waals surface area contributed by atoms with E-state index in [4.69, 9.17) is 0 Å². The minimum atomic E-state index is -0.560. The first kappa shape index (κ1) is 24.8. The second-order valence-corrected chi connectivity index (χ2v) is 11.4. The molecule has 6 heteroatoms. The van der Waals surface area contributed by atoms with Gasteiger partial charge in [-0.05, 0) is 87.6 Å². The van der Waals surface area contributed by atoms with Gasteiger partial charge in [-0.3, -0.25) is 19.8 Å². The van der Waals surface area contributed by atoms with Crippen LogP contribution in [0, 0.1) is 10.1 Å². The van der Waals surface area contributed by atoms with E-state index in [9.17, 15) is 14.9 Å². The zero-order chi connectivity index (χ0) is 26.7. The van der Waals surface area contributed by atoms with Gasteiger partial charge in [0.2, 0.25) is 0 Å². The molecule has 2 aliphatic rings. The first-order chi connectivity index (χ1) is 17.4. The molecule has 0 saturated heterocycles. The molecule has 2 heterocycles. The van der Waals surface area contributed by atoms with Crippen LogP contribution in [0.4, 0.5) is 17.1 Å². The van der Waals surface area contributed by atoms with Crippen molar-refractivity contribution < 1.29 is 9.72 Å². The maximum Gasteiger partial charge on any atom is 0.269 e. The number of carbonyl (C=O) groups is 1. The number of nitro benzene ring substituents is 1. The Morgan fingerprint density at radius 3 is 2.35 bits per heavy atom. The van der Waals surface area contributed by atoms with Gasteiger partial charge in [0.1, 0.15) is 0 Å². The molecule has 0 aromatic heterocycles. The van der Waals surface area contributed by atoms with Gasteiger partial charge in [0.15, 0.2) is 0 Å². The zero-order valence-corrected chi connectivity index (χ0v) is 22.2. The van der Waals surface area contributed by atoms with Gasteiger partial charge in [0.25, 0.3) is 11.6 Å². The predicted octanol–water partition coefficient (Wildman–Crippen LogP) is 7.53. The van der Waals surface area contributed by atoms with Crippen molar-refractivity contribution in [1.82, 2.24) is 0 Å². The topological polar surface area (TPSA) is 75.5 Å². The molecule has 190 valence electrons. The molecule has 3 aromatic rings. The number of nitro groups is 1. The number of para-hydroxylation sites is 1. The van der Waals surface area contributed by atoms with Crippen molar-refractivity contribution in [3.63, 3.8) is 0 Å². The third kappa shape index (κ3) is 4.10. The number of nitrogens with zero attached hydrogens (tertiary/aromatic N) is 2. The first-order valence-corrected chi connectivity index (χ1v) is 12.7. The minimum absolute atomic E-state index is 0.0327. The van der Waals surface area contributed by atoms with Gasteiger partial charge in [0.05, 0.1) is 16.1 Å². The number of rotatable bonds is 3. The van der Waals surface area contributed by atoms with Crippen LogP contribution in [-0.2, 0) is 0 Å². The fraction of sp³-hybridized carbons (Fsp3) is 0.323. The molecule has 0 bridgehead atoms. The van der Waals surface area contributed by atoms with Crippen LogP contribution >= 0.6 is 0 Å². The molecule has 0 radical (unpaired) electrons. The van der Waals surface area contributed by atoms with Crippen LogP contribution < -0.4 is 10.2 Å². The quantitative estimate of drug-likeness (QED) is 0.301. The van der Waals surface area contributed by atoms with Gasteiger partial charge in [0, 0.05) is 40.4 Å². The van der Waals surface area contributed by atoms with E-state index in [1.54, 1.807) is 0 Å². The molecule has 0 fully saturated rings. The largest absolute Gasteiger partial charge is 0.379 e. The Morgan fingerprint density at radius 1 is 1.00 bits per heavy atom. The second-order valence-electron chi connectivity index (χ2n) is 11.4. The van der Waals surface area contributed by atoms with Crippen molar-refractivity contribution in [1.29, 1.82) is 0 Å². The maximum atomic E-state index is 13.8. The zero-order valence-electron chi connectivity index (χ0n) is 22.2. The molecular formula is C31H33N3O3. The monoisotopic (exact) mass is 495 g/mol. The van der Waals surface area contributed by atoms with Crippen molar-refractivity contribution in [2.24, 2.45) is 0 Å². The van der Waals surface area contributed by atoms with Gasteiger partial charge in [-0.1, -0.05) is 37.3 Å². The third-order valence-electron chi connectivity index (χ3n) is 7.91. The highest BCUT2D eigenvalue weighted by Crippen LogP contribution is 2.50. The van der Waals surface area contributed by atoms with Crippen LogP contribution in [0.1, 0.15) is 80.4 Å². The number of hydrogen-bond acceptors (Lipinski definition) is 4. The summed E-state index contributed by atoms with van der Waals surface area (Å²) >= 11 is 0. The maximum absolute atomic E-state index is 13.8. The van der Waals surface area contributed by atoms with Gasteiger partial charge < -0.3 is 5.32 Å². The number of benzene rings is 3. The summed E-state index contributed by atoms with van der Waals surface area (Å²) in [6, 6.07) is 20.8. The molecule has 0 aliphatic carbocycles. The van der Waals surface area contributed by atoms with Crippen LogP contribution in [0.5, 0.6) is 0 Å². The van der Waals surface area contributed by atoms with Crippen LogP contribution in [0.25, 0.3) is 5.57 Å². The van der Waals surface area contributed by atoms with Crippen molar-refractivity contribution in [3.05, 3.63) is 105 Å². The summed E-state index contributed by atoms with van der Waals surface area (Å²) in [4.78, 5) is 26.2. The van der Waals surface area contributed by atoms with E-state index in [1.807, 2.05) is 18.7 Å². The number of nitrogens with one attached hydrogen (secondary N) is 1. The lowest BCUT2D eigenvalue weighted by Crippen LogP contribution is -2.49. The molecule has 3 aromatic carbocycles. The molecule has 6 nitrogen and oxygen atoms in total. The molecule has 1 N–H and O–H groups in total. The summed E-state index contributed by atoms with van der Waals surface area (Å²) in [6.45, 7) is 12.9. The van der Waals surface area contributed by atoms with E-state index in [2.05, 4.69) is 81.6 Å². The highest BCUT2D eigenvalue weighted by molar-refractivity contribution is 6.10. The lowest BCUT2D eigenvalue weighted by atomic mass is 9.68. The summed E-state index contributed by atoms with van der Waals surface area (Å²) in [5.74, 6) is 0.363. The lowest BCUT2D eigenvalue weighted by molar-refractivity contribution is -0.384. The highest BCUT2D eigenvalue weighted by Gasteiger charge is 2.42. The average Bonchev–Trinajstić information content (AvgIpc) is 2.83. The van der Waals surface area contributed by atoms with Gasteiger partial charge in [-0.15, -0.1) is 0 Å². The Labute approximate surface area is 218 Å². The standard InChI is InChI=1S/C31H33N3O3/c1-19-18-30(3,4)33(29(35)21-11-14-23(15-12-21)34(36)37)27-16-13-22(17-25(19)27)28-20(2)24-9-7-8-10-26(24)32-31(28,5)6/h7-18,20,28,32H,1-6H3. The van der Waals surface area contributed by atoms with Crippen molar-refractivity contribution in [3.8, 4) is 0 Å². The van der Waals surface area contributed by atoms with E-state index in [1.165, 1.54) is 41.1 Å². The molecule has 0 saturated carbocycles. The van der Waals surface area contributed by atoms with Crippen molar-refractivity contribution in [2.45, 2.75) is 64.5 Å². The fourth-order valence-corrected chi connectivity index (χ4v) is 6.41. The summed E-state index contributed by atoms with van der Waals surface area (Å²) in [5.41, 5.74) is 6.41. The van der Waals surface area contributed by atoms with Crippen LogP contribution in [-0.4, -0.2) is 21.9 Å². The van der Waals surface area contributed by atoms with Gasteiger partial charge in [-0.2, -0.15) is 0 Å². The Bertz CT molecular complexity index is 1440. The fourth-order valence-electron chi connectivity index (χ4n) is 6.41. The normalized spacial score (nSPS) is 21.2. The van der Waals surface area contributed by atoms with Crippen molar-refractivity contribution in [2.75, 3.05) is 10.2 Å². The lowest BCUT2D eigenvalue weighted by Gasteiger charge is -2.46. The summed E-state index contributed by atoms with van der Waals surface area (Å²) in [5, 5.41) is 14.8. The summed E-state index contributed by atoms with van der Waals surface area (Å²) in [7, 11) is 0. The molecule has 2 atom stereocenters. The Kier molecular flexibility index (Phi) is 5.74. The molecule has 0 spiro atoms. The van der Waals surface area contributed by atoms with E-state index < -0.39 is 10.5 Å². The minimum Gasteiger partial charge on any atom is -0.379 e. The van der Waals surface area contributed by atoms with E-state index in [0.29, 0.717) is 11.5 Å². The number of carbonyl (C=O) groups excluding carboxylic acids is 1. The molecular weight excluding hydrogens is 462 g/mol. The highest BCUT2D eigenvalue weighted by atomic mass is 16.6. The summed E-state index contributed by atoms with van der Waals surface area (Å²) in [6.07, 6.45) is 2.13. The number of allylic oxidation sites excluding steroid dienone is 1. The molecule has 2 aliphatic heterocycles. The average molecular weight is 496 g/mol. The number of anilines is 2. The van der Waals surface area contributed by atoms with Crippen LogP contribution in [0.15, 0.2) is 72.8 Å². The smallest absolute Gasteiger partial charge is 0.269 e. The van der Waals surface area contributed by atoms with E-state index in [0.717, 1.165) is 16.8 Å². The first-order valence-electron chi connectivity index (χ1n) is 12.7. The number of amides is 1. The van der Waals surface area contributed by atoms with Gasteiger partial charge >= 0.3 is 0 Å². The SMILES string of the molecule is CC1=CC(C)(C)N(C(=O)c2ccc([N+](=O)[O-])cc2)c2ccc(C3C(C)c4ccccc4NC3(C)C)cc21. The van der Waals surface area contributed by atoms with Crippen LogP contribution in [0.2, 0.25) is 0 Å². The molecule has 1 amide bonds. The molecule has 5 rings (SSSR count). The van der Waals surface area contributed by atoms with Gasteiger partial charge in [-0.25, -0.2) is 0 Å². The Hall–Kier alpha value is -3.93. The molecule has 37 heavy (non-hydrogen) atoms. The number of non-ortho nitro benzene ring substituents is 1. The van der Waals surface area contributed by atoms with Crippen molar-refractivity contribution >= 4 is 28.5 Å². The number of hydrogen-bond donors (Lipinski definition) is 1. The van der Waals surface area contributed by atoms with Crippen LogP contribution in [0.3, 0.4) is 0 Å². The second kappa shape index (κ2) is 8.58. The molecule has 2 unspecified atom stereocenters. The van der Waals surface area contributed by atoms with E-state index >= 15 is 0 Å². The predicted molar refractivity (Wildman–Crippen MR) is 149 cm³/mol. The van der Waals surface area contributed by atoms with E-state index in [-0.39, 0.29) is 23.1 Å². The number of fused-ring (bicyclic) bond motifs is 2. The Balaban J connectivity index is 1.57. The Morgan fingerprint density at radius 2 is 1.68 bits per heavy atom.